The van der Waals surface area contributed by atoms with Crippen LogP contribution in [0.1, 0.15) is 12.5 Å². The van der Waals surface area contributed by atoms with Crippen LogP contribution in [0.3, 0.4) is 0 Å². The minimum Gasteiger partial charge on any atom is -0.504 e. The highest BCUT2D eigenvalue weighted by atomic mass is 16.5. The fraction of sp³-hybridized carbons (Fsp3) is 0.273. The molecule has 0 heterocycles. The molecule has 0 bridgehead atoms. The molecule has 0 aliphatic rings. The first-order chi connectivity index (χ1) is 6.77. The summed E-state index contributed by atoms with van der Waals surface area (Å²) in [6, 6.07) is 5.20. The molecular weight excluding hydrogens is 178 g/mol. The van der Waals surface area contributed by atoms with Crippen LogP contribution in [-0.2, 0) is 0 Å². The van der Waals surface area contributed by atoms with Crippen LogP contribution in [-0.4, -0.2) is 18.3 Å². The van der Waals surface area contributed by atoms with Gasteiger partial charge in [-0.2, -0.15) is 0 Å². The second-order valence-corrected chi connectivity index (χ2v) is 2.80. The van der Waals surface area contributed by atoms with Crippen LogP contribution in [0, 0.1) is 0 Å². The fourth-order valence-electron chi connectivity index (χ4n) is 1.11. The summed E-state index contributed by atoms with van der Waals surface area (Å²) in [4.78, 5) is 0. The first-order valence-electron chi connectivity index (χ1n) is 4.60. The van der Waals surface area contributed by atoms with Gasteiger partial charge in [-0.05, 0) is 24.6 Å². The maximum Gasteiger partial charge on any atom is 0.161 e. The molecule has 3 nitrogen and oxygen atoms in total. The van der Waals surface area contributed by atoms with Gasteiger partial charge in [-0.3, -0.25) is 0 Å². The molecule has 14 heavy (non-hydrogen) atoms. The van der Waals surface area contributed by atoms with Crippen molar-refractivity contribution in [3.63, 3.8) is 0 Å². The molecule has 0 saturated heterocycles. The van der Waals surface area contributed by atoms with E-state index in [0.717, 1.165) is 5.56 Å². The SMILES string of the molecule is CCOc1cc(/C=C/CN)ccc1O. The maximum absolute atomic E-state index is 9.42. The molecule has 0 radical (unpaired) electrons. The molecule has 0 fully saturated rings. The molecule has 0 spiro atoms. The molecule has 0 saturated carbocycles. The molecule has 0 aromatic heterocycles. The summed E-state index contributed by atoms with van der Waals surface area (Å²) in [5.41, 5.74) is 6.30. The molecule has 3 N–H and O–H groups in total. The van der Waals surface area contributed by atoms with Crippen LogP contribution in [0.25, 0.3) is 6.08 Å². The highest BCUT2D eigenvalue weighted by molar-refractivity contribution is 5.55. The Labute approximate surface area is 83.8 Å². The average Bonchev–Trinajstić information content (AvgIpc) is 2.19. The first kappa shape index (κ1) is 10.6. The van der Waals surface area contributed by atoms with Gasteiger partial charge in [0.1, 0.15) is 0 Å². The zero-order chi connectivity index (χ0) is 10.4. The lowest BCUT2D eigenvalue weighted by molar-refractivity contribution is 0.318. The summed E-state index contributed by atoms with van der Waals surface area (Å²) in [5.74, 6) is 0.670. The van der Waals surface area contributed by atoms with E-state index in [0.29, 0.717) is 18.9 Å². The van der Waals surface area contributed by atoms with E-state index in [4.69, 9.17) is 10.5 Å². The highest BCUT2D eigenvalue weighted by Crippen LogP contribution is 2.27. The molecule has 0 aliphatic heterocycles. The minimum atomic E-state index is 0.164. The van der Waals surface area contributed by atoms with E-state index in [1.165, 1.54) is 0 Å². The predicted octanol–water partition coefficient (Wildman–Crippen LogP) is 1.76. The molecule has 0 amide bonds. The van der Waals surface area contributed by atoms with Crippen LogP contribution < -0.4 is 10.5 Å². The standard InChI is InChI=1S/C11H15NO2/c1-2-14-11-8-9(4-3-7-12)5-6-10(11)13/h3-6,8,13H,2,7,12H2,1H3/b4-3+. The Hall–Kier alpha value is -1.48. The number of hydrogen-bond acceptors (Lipinski definition) is 3. The summed E-state index contributed by atoms with van der Waals surface area (Å²) < 4.78 is 5.24. The van der Waals surface area contributed by atoms with Crippen LogP contribution in [0.4, 0.5) is 0 Å². The third-order valence-corrected chi connectivity index (χ3v) is 1.73. The van der Waals surface area contributed by atoms with Crippen molar-refractivity contribution in [2.75, 3.05) is 13.2 Å². The Morgan fingerprint density at radius 1 is 1.50 bits per heavy atom. The number of rotatable bonds is 4. The minimum absolute atomic E-state index is 0.164. The van der Waals surface area contributed by atoms with Gasteiger partial charge in [-0.1, -0.05) is 18.2 Å². The van der Waals surface area contributed by atoms with E-state index >= 15 is 0 Å². The summed E-state index contributed by atoms with van der Waals surface area (Å²) in [5, 5.41) is 9.42. The van der Waals surface area contributed by atoms with Crippen LogP contribution in [0.5, 0.6) is 11.5 Å². The summed E-state index contributed by atoms with van der Waals surface area (Å²) >= 11 is 0. The van der Waals surface area contributed by atoms with Gasteiger partial charge in [0.15, 0.2) is 11.5 Å². The maximum atomic E-state index is 9.42. The lowest BCUT2D eigenvalue weighted by atomic mass is 10.2. The van der Waals surface area contributed by atoms with Gasteiger partial charge in [0.2, 0.25) is 0 Å². The molecule has 1 aromatic carbocycles. The number of nitrogens with two attached hydrogens (primary N) is 1. The lowest BCUT2D eigenvalue weighted by Crippen LogP contribution is -1.93. The predicted molar refractivity (Wildman–Crippen MR) is 57.4 cm³/mol. The van der Waals surface area contributed by atoms with E-state index < -0.39 is 0 Å². The van der Waals surface area contributed by atoms with E-state index in [1.807, 2.05) is 25.1 Å². The van der Waals surface area contributed by atoms with Gasteiger partial charge in [-0.25, -0.2) is 0 Å². The average molecular weight is 193 g/mol. The fourth-order valence-corrected chi connectivity index (χ4v) is 1.11. The molecule has 1 rings (SSSR count). The zero-order valence-electron chi connectivity index (χ0n) is 8.23. The van der Waals surface area contributed by atoms with E-state index in [1.54, 1.807) is 12.1 Å². The van der Waals surface area contributed by atoms with Gasteiger partial charge < -0.3 is 15.6 Å². The number of benzene rings is 1. The van der Waals surface area contributed by atoms with Crippen molar-refractivity contribution in [3.05, 3.63) is 29.8 Å². The van der Waals surface area contributed by atoms with Crippen molar-refractivity contribution in [1.29, 1.82) is 0 Å². The van der Waals surface area contributed by atoms with E-state index in [-0.39, 0.29) is 5.75 Å². The first-order valence-corrected chi connectivity index (χ1v) is 4.60. The van der Waals surface area contributed by atoms with Crippen molar-refractivity contribution in [3.8, 4) is 11.5 Å². The van der Waals surface area contributed by atoms with E-state index in [9.17, 15) is 5.11 Å². The van der Waals surface area contributed by atoms with Gasteiger partial charge in [0.25, 0.3) is 0 Å². The smallest absolute Gasteiger partial charge is 0.161 e. The Morgan fingerprint density at radius 3 is 2.93 bits per heavy atom. The van der Waals surface area contributed by atoms with Crippen molar-refractivity contribution in [2.45, 2.75) is 6.92 Å². The quantitative estimate of drug-likeness (QED) is 0.766. The number of hydrogen-bond donors (Lipinski definition) is 2. The normalized spacial score (nSPS) is 10.7. The third kappa shape index (κ3) is 2.78. The second-order valence-electron chi connectivity index (χ2n) is 2.80. The summed E-state index contributed by atoms with van der Waals surface area (Å²) in [6.45, 7) is 2.92. The van der Waals surface area contributed by atoms with Gasteiger partial charge in [0, 0.05) is 6.54 Å². The molecule has 0 unspecified atom stereocenters. The summed E-state index contributed by atoms with van der Waals surface area (Å²) in [7, 11) is 0. The number of aromatic hydroxyl groups is 1. The van der Waals surface area contributed by atoms with Crippen molar-refractivity contribution < 1.29 is 9.84 Å². The topological polar surface area (TPSA) is 55.5 Å². The molecular formula is C11H15NO2. The molecule has 3 heteroatoms. The van der Waals surface area contributed by atoms with Crippen molar-refractivity contribution >= 4 is 6.08 Å². The van der Waals surface area contributed by atoms with Gasteiger partial charge in [-0.15, -0.1) is 0 Å². The van der Waals surface area contributed by atoms with Crippen LogP contribution in [0.15, 0.2) is 24.3 Å². The Bertz CT molecular complexity index is 321. The number of ether oxygens (including phenoxy) is 1. The number of phenols is 1. The largest absolute Gasteiger partial charge is 0.504 e. The third-order valence-electron chi connectivity index (χ3n) is 1.73. The molecule has 1 aromatic rings. The Morgan fingerprint density at radius 2 is 2.29 bits per heavy atom. The molecule has 76 valence electrons. The second kappa shape index (κ2) is 5.29. The van der Waals surface area contributed by atoms with Crippen molar-refractivity contribution in [1.82, 2.24) is 0 Å². The Kier molecular flexibility index (Phi) is 4.01. The van der Waals surface area contributed by atoms with Crippen LogP contribution in [0.2, 0.25) is 0 Å². The Balaban J connectivity index is 2.88. The molecule has 0 atom stereocenters. The molecule has 0 aliphatic carbocycles. The van der Waals surface area contributed by atoms with E-state index in [2.05, 4.69) is 0 Å². The lowest BCUT2D eigenvalue weighted by Gasteiger charge is -2.05. The van der Waals surface area contributed by atoms with Crippen molar-refractivity contribution in [2.24, 2.45) is 5.73 Å². The number of phenolic OH excluding ortho intramolecular Hbond substituents is 1. The summed E-state index contributed by atoms with van der Waals surface area (Å²) in [6.07, 6.45) is 3.74. The van der Waals surface area contributed by atoms with Gasteiger partial charge >= 0.3 is 0 Å². The van der Waals surface area contributed by atoms with Crippen LogP contribution >= 0.6 is 0 Å². The highest BCUT2D eigenvalue weighted by Gasteiger charge is 2.00. The monoisotopic (exact) mass is 193 g/mol. The zero-order valence-corrected chi connectivity index (χ0v) is 8.23. The van der Waals surface area contributed by atoms with Gasteiger partial charge in [0.05, 0.1) is 6.61 Å².